The van der Waals surface area contributed by atoms with Gasteiger partial charge in [0.1, 0.15) is 11.8 Å². The van der Waals surface area contributed by atoms with Gasteiger partial charge < -0.3 is 15.2 Å². The summed E-state index contributed by atoms with van der Waals surface area (Å²) in [4.78, 5) is 22.0. The number of hydrogen-bond donors (Lipinski definition) is 2. The zero-order valence-corrected chi connectivity index (χ0v) is 10.6. The average molecular weight is 263 g/mol. The highest BCUT2D eigenvalue weighted by molar-refractivity contribution is 5.95. The maximum atomic E-state index is 11.2. The fourth-order valence-electron chi connectivity index (χ4n) is 2.10. The van der Waals surface area contributed by atoms with Crippen LogP contribution in [0.1, 0.15) is 31.2 Å². The van der Waals surface area contributed by atoms with E-state index in [0.29, 0.717) is 6.42 Å². The van der Waals surface area contributed by atoms with Crippen LogP contribution < -0.4 is 5.32 Å². The Morgan fingerprint density at radius 2 is 1.84 bits per heavy atom. The van der Waals surface area contributed by atoms with Crippen LogP contribution in [0.15, 0.2) is 24.3 Å². The number of benzene rings is 1. The Labute approximate surface area is 111 Å². The summed E-state index contributed by atoms with van der Waals surface area (Å²) >= 11 is 0. The number of aromatic hydroxyl groups is 1. The average Bonchev–Trinajstić information content (AvgIpc) is 2.70. The molecule has 1 aromatic rings. The van der Waals surface area contributed by atoms with Gasteiger partial charge in [-0.25, -0.2) is 9.59 Å². The van der Waals surface area contributed by atoms with E-state index >= 15 is 0 Å². The summed E-state index contributed by atoms with van der Waals surface area (Å²) in [5.74, 6) is -0.192. The second-order valence-electron chi connectivity index (χ2n) is 4.67. The summed E-state index contributed by atoms with van der Waals surface area (Å²) in [6.07, 6.45) is 3.81. The van der Waals surface area contributed by atoms with Crippen molar-refractivity contribution >= 4 is 12.1 Å². The molecule has 1 aliphatic heterocycles. The largest absolute Gasteiger partial charge is 0.508 e. The molecule has 0 aromatic heterocycles. The molecular formula is C14H17NO4. The number of aryl methyl sites for hydroxylation is 1. The van der Waals surface area contributed by atoms with Crippen LogP contribution in [0.2, 0.25) is 0 Å². The number of rotatable bonds is 6. The molecule has 1 heterocycles. The Balaban J connectivity index is 1.61. The lowest BCUT2D eigenvalue weighted by atomic mass is 10.0. The SMILES string of the molecule is O=C1NC(CCCCCc2ccc(O)cc2)C(=O)O1. The first-order valence-corrected chi connectivity index (χ1v) is 6.45. The number of cyclic esters (lactones) is 2. The van der Waals surface area contributed by atoms with E-state index in [1.165, 1.54) is 5.56 Å². The molecule has 2 N–H and O–H groups in total. The first-order valence-electron chi connectivity index (χ1n) is 6.45. The second kappa shape index (κ2) is 6.22. The van der Waals surface area contributed by atoms with Crippen molar-refractivity contribution in [3.63, 3.8) is 0 Å². The molecule has 0 radical (unpaired) electrons. The molecule has 0 saturated carbocycles. The van der Waals surface area contributed by atoms with Crippen molar-refractivity contribution in [3.8, 4) is 5.75 Å². The Kier molecular flexibility index (Phi) is 4.39. The Bertz CT molecular complexity index is 455. The normalized spacial score (nSPS) is 18.2. The van der Waals surface area contributed by atoms with E-state index in [1.54, 1.807) is 12.1 Å². The Hall–Kier alpha value is -2.04. The quantitative estimate of drug-likeness (QED) is 0.468. The van der Waals surface area contributed by atoms with E-state index in [2.05, 4.69) is 10.1 Å². The summed E-state index contributed by atoms with van der Waals surface area (Å²) in [6, 6.07) is 6.70. The number of ether oxygens (including phenoxy) is 1. The smallest absolute Gasteiger partial charge is 0.415 e. The topological polar surface area (TPSA) is 75.6 Å². The Morgan fingerprint density at radius 3 is 2.47 bits per heavy atom. The van der Waals surface area contributed by atoms with Crippen LogP contribution in [0.25, 0.3) is 0 Å². The molecule has 1 amide bonds. The number of alkyl carbamates (subject to hydrolysis) is 1. The van der Waals surface area contributed by atoms with E-state index in [1.807, 2.05) is 12.1 Å². The number of phenolic OH excluding ortho intramolecular Hbond substituents is 1. The second-order valence-corrected chi connectivity index (χ2v) is 4.67. The first kappa shape index (κ1) is 13.4. The number of hydrogen-bond acceptors (Lipinski definition) is 4. The molecule has 0 spiro atoms. The van der Waals surface area contributed by atoms with E-state index in [0.717, 1.165) is 25.7 Å². The van der Waals surface area contributed by atoms with Crippen molar-refractivity contribution in [1.82, 2.24) is 5.32 Å². The van der Waals surface area contributed by atoms with Crippen molar-refractivity contribution < 1.29 is 19.4 Å². The lowest BCUT2D eigenvalue weighted by Gasteiger charge is -2.05. The molecule has 102 valence electrons. The molecule has 1 aliphatic rings. The van der Waals surface area contributed by atoms with E-state index in [9.17, 15) is 9.59 Å². The van der Waals surface area contributed by atoms with Crippen LogP contribution >= 0.6 is 0 Å². The van der Waals surface area contributed by atoms with Gasteiger partial charge in [0.15, 0.2) is 0 Å². The maximum Gasteiger partial charge on any atom is 0.415 e. The highest BCUT2D eigenvalue weighted by atomic mass is 16.6. The first-order chi connectivity index (χ1) is 9.15. The molecule has 0 bridgehead atoms. The number of phenols is 1. The minimum absolute atomic E-state index is 0.277. The standard InChI is InChI=1S/C14H17NO4/c16-11-8-6-10(7-9-11)4-2-1-3-5-12-13(17)19-14(18)15-12/h6-9,12,16H,1-5H2,(H,15,18). The molecule has 19 heavy (non-hydrogen) atoms. The van der Waals surface area contributed by atoms with Gasteiger partial charge in [-0.05, 0) is 37.0 Å². The van der Waals surface area contributed by atoms with Gasteiger partial charge in [0.25, 0.3) is 0 Å². The number of carbonyl (C=O) groups excluding carboxylic acids is 2. The molecule has 2 rings (SSSR count). The van der Waals surface area contributed by atoms with Gasteiger partial charge in [-0.15, -0.1) is 0 Å². The summed E-state index contributed by atoms with van der Waals surface area (Å²) in [7, 11) is 0. The summed E-state index contributed by atoms with van der Waals surface area (Å²) in [6.45, 7) is 0. The van der Waals surface area contributed by atoms with Crippen molar-refractivity contribution in [1.29, 1.82) is 0 Å². The zero-order valence-electron chi connectivity index (χ0n) is 10.6. The predicted octanol–water partition coefficient (Wildman–Crippen LogP) is 2.13. The summed E-state index contributed by atoms with van der Waals surface area (Å²) < 4.78 is 4.40. The van der Waals surface area contributed by atoms with Crippen LogP contribution in [0.4, 0.5) is 4.79 Å². The molecule has 1 atom stereocenters. The van der Waals surface area contributed by atoms with Crippen molar-refractivity contribution in [2.75, 3.05) is 0 Å². The molecule has 1 aromatic carbocycles. The van der Waals surface area contributed by atoms with Crippen LogP contribution in [0.5, 0.6) is 5.75 Å². The van der Waals surface area contributed by atoms with E-state index in [-0.39, 0.29) is 5.75 Å². The van der Waals surface area contributed by atoms with Crippen LogP contribution in [-0.2, 0) is 16.0 Å². The molecule has 1 fully saturated rings. The highest BCUT2D eigenvalue weighted by Gasteiger charge is 2.31. The van der Waals surface area contributed by atoms with Crippen molar-refractivity contribution in [2.24, 2.45) is 0 Å². The predicted molar refractivity (Wildman–Crippen MR) is 68.7 cm³/mol. The number of unbranched alkanes of at least 4 members (excludes halogenated alkanes) is 2. The van der Waals surface area contributed by atoms with Gasteiger partial charge in [0.05, 0.1) is 0 Å². The van der Waals surface area contributed by atoms with Crippen LogP contribution in [-0.4, -0.2) is 23.2 Å². The molecule has 1 unspecified atom stereocenters. The molecule has 1 saturated heterocycles. The van der Waals surface area contributed by atoms with Crippen molar-refractivity contribution in [3.05, 3.63) is 29.8 Å². The number of nitrogens with one attached hydrogen (secondary N) is 1. The Morgan fingerprint density at radius 1 is 1.11 bits per heavy atom. The van der Waals surface area contributed by atoms with Gasteiger partial charge in [0.2, 0.25) is 0 Å². The summed E-state index contributed by atoms with van der Waals surface area (Å²) in [5, 5.41) is 11.6. The fraction of sp³-hybridized carbons (Fsp3) is 0.429. The lowest BCUT2D eigenvalue weighted by Crippen LogP contribution is -2.28. The van der Waals surface area contributed by atoms with Crippen LogP contribution in [0.3, 0.4) is 0 Å². The molecule has 5 nitrogen and oxygen atoms in total. The minimum atomic E-state index is -0.640. The zero-order chi connectivity index (χ0) is 13.7. The van der Waals surface area contributed by atoms with E-state index < -0.39 is 18.1 Å². The van der Waals surface area contributed by atoms with Crippen LogP contribution in [0, 0.1) is 0 Å². The van der Waals surface area contributed by atoms with Gasteiger partial charge in [-0.2, -0.15) is 0 Å². The molecule has 5 heteroatoms. The van der Waals surface area contributed by atoms with Gasteiger partial charge >= 0.3 is 12.1 Å². The number of esters is 1. The molecule has 0 aliphatic carbocycles. The fourth-order valence-corrected chi connectivity index (χ4v) is 2.10. The number of carbonyl (C=O) groups is 2. The third-order valence-electron chi connectivity index (χ3n) is 3.16. The minimum Gasteiger partial charge on any atom is -0.508 e. The molecular weight excluding hydrogens is 246 g/mol. The lowest BCUT2D eigenvalue weighted by molar-refractivity contribution is -0.135. The monoisotopic (exact) mass is 263 g/mol. The highest BCUT2D eigenvalue weighted by Crippen LogP contribution is 2.14. The van der Waals surface area contributed by atoms with Crippen molar-refractivity contribution in [2.45, 2.75) is 38.1 Å². The van der Waals surface area contributed by atoms with Gasteiger partial charge in [0, 0.05) is 0 Å². The van der Waals surface area contributed by atoms with E-state index in [4.69, 9.17) is 5.11 Å². The summed E-state index contributed by atoms with van der Waals surface area (Å²) in [5.41, 5.74) is 1.19. The maximum absolute atomic E-state index is 11.2. The van der Waals surface area contributed by atoms with Gasteiger partial charge in [-0.1, -0.05) is 25.0 Å². The van der Waals surface area contributed by atoms with Gasteiger partial charge in [-0.3, -0.25) is 0 Å². The third kappa shape index (κ3) is 3.98. The number of amides is 1. The third-order valence-corrected chi connectivity index (χ3v) is 3.16.